The molecule has 0 bridgehead atoms. The van der Waals surface area contributed by atoms with Gasteiger partial charge in [0.25, 0.3) is 0 Å². The van der Waals surface area contributed by atoms with Crippen LogP contribution in [0.25, 0.3) is 0 Å². The molecule has 1 rings (SSSR count). The van der Waals surface area contributed by atoms with Crippen molar-refractivity contribution in [2.75, 3.05) is 33.8 Å². The fourth-order valence-electron chi connectivity index (χ4n) is 2.09. The normalized spacial score (nSPS) is 10.7. The fraction of sp³-hybridized carbons (Fsp3) is 0.333. The third-order valence-corrected chi connectivity index (χ3v) is 3.18. The number of nitro groups is 1. The van der Waals surface area contributed by atoms with Gasteiger partial charge in [-0.1, -0.05) is 0 Å². The quantitative estimate of drug-likeness (QED) is 0.336. The van der Waals surface area contributed by atoms with Crippen LogP contribution >= 0.6 is 0 Å². The number of carbonyl (C=O) groups excluding carboxylic acids is 2. The number of hydrogen-bond acceptors (Lipinski definition) is 9. The van der Waals surface area contributed by atoms with Crippen LogP contribution in [0.2, 0.25) is 0 Å². The van der Waals surface area contributed by atoms with Crippen molar-refractivity contribution in [2.24, 2.45) is 0 Å². The van der Waals surface area contributed by atoms with E-state index in [2.05, 4.69) is 14.8 Å². The van der Waals surface area contributed by atoms with Crippen molar-refractivity contribution in [3.8, 4) is 11.5 Å². The van der Waals surface area contributed by atoms with Crippen LogP contribution in [0.5, 0.6) is 11.5 Å². The molecule has 10 heteroatoms. The van der Waals surface area contributed by atoms with Crippen LogP contribution in [0.15, 0.2) is 17.8 Å². The Hall–Kier alpha value is -3.30. The average molecular weight is 354 g/mol. The second kappa shape index (κ2) is 8.52. The Kier molecular flexibility index (Phi) is 6.73. The molecule has 0 heterocycles. The van der Waals surface area contributed by atoms with E-state index in [-0.39, 0.29) is 28.6 Å². The van der Waals surface area contributed by atoms with Gasteiger partial charge in [0.2, 0.25) is 5.75 Å². The summed E-state index contributed by atoms with van der Waals surface area (Å²) in [5.41, 5.74) is -0.214. The van der Waals surface area contributed by atoms with Gasteiger partial charge in [0.1, 0.15) is 11.4 Å². The summed E-state index contributed by atoms with van der Waals surface area (Å²) in [7, 11) is 4.89. The van der Waals surface area contributed by atoms with Gasteiger partial charge in [0.05, 0.1) is 45.1 Å². The van der Waals surface area contributed by atoms with E-state index < -0.39 is 16.9 Å². The highest BCUT2D eigenvalue weighted by Crippen LogP contribution is 2.42. The molecule has 1 aromatic carbocycles. The molecule has 0 aliphatic heterocycles. The molecular formula is C15H18N2O8. The highest BCUT2D eigenvalue weighted by atomic mass is 16.6. The van der Waals surface area contributed by atoms with E-state index in [1.165, 1.54) is 14.2 Å². The number of nitro benzene ring substituents is 1. The topological polar surface area (TPSA) is 126 Å². The van der Waals surface area contributed by atoms with Gasteiger partial charge in [-0.2, -0.15) is 0 Å². The fourth-order valence-corrected chi connectivity index (χ4v) is 2.09. The second-order valence-corrected chi connectivity index (χ2v) is 4.59. The van der Waals surface area contributed by atoms with Crippen molar-refractivity contribution in [2.45, 2.75) is 6.92 Å². The Bertz CT molecular complexity index is 727. The lowest BCUT2D eigenvalue weighted by molar-refractivity contribution is -0.385. The third kappa shape index (κ3) is 4.37. The summed E-state index contributed by atoms with van der Waals surface area (Å²) in [6.45, 7) is 1.55. The van der Waals surface area contributed by atoms with Crippen LogP contribution in [0, 0.1) is 17.0 Å². The van der Waals surface area contributed by atoms with Crippen LogP contribution < -0.4 is 14.8 Å². The smallest absolute Gasteiger partial charge is 0.354 e. The van der Waals surface area contributed by atoms with Gasteiger partial charge < -0.3 is 24.3 Å². The lowest BCUT2D eigenvalue weighted by atomic mass is 10.1. The first-order chi connectivity index (χ1) is 11.8. The number of nitrogens with one attached hydrogen (secondary N) is 1. The number of rotatable bonds is 7. The Labute approximate surface area is 143 Å². The lowest BCUT2D eigenvalue weighted by Gasteiger charge is -2.16. The molecule has 136 valence electrons. The summed E-state index contributed by atoms with van der Waals surface area (Å²) in [5.74, 6) is -1.47. The molecule has 1 N–H and O–H groups in total. The summed E-state index contributed by atoms with van der Waals surface area (Å²) >= 11 is 0. The van der Waals surface area contributed by atoms with Gasteiger partial charge >= 0.3 is 17.6 Å². The summed E-state index contributed by atoms with van der Waals surface area (Å²) in [6, 6.07) is 1.12. The van der Waals surface area contributed by atoms with Gasteiger partial charge in [0, 0.05) is 11.6 Å². The molecule has 0 amide bonds. The number of nitrogens with zero attached hydrogens (tertiary/aromatic N) is 1. The van der Waals surface area contributed by atoms with E-state index in [1.54, 1.807) is 6.92 Å². The minimum absolute atomic E-state index is 0.0176. The number of esters is 2. The van der Waals surface area contributed by atoms with Gasteiger partial charge in [-0.15, -0.1) is 0 Å². The Morgan fingerprint density at radius 3 is 2.16 bits per heavy atom. The van der Waals surface area contributed by atoms with Crippen LogP contribution in [0.4, 0.5) is 11.4 Å². The molecule has 0 unspecified atom stereocenters. The van der Waals surface area contributed by atoms with Crippen molar-refractivity contribution in [1.29, 1.82) is 0 Å². The van der Waals surface area contributed by atoms with Gasteiger partial charge in [-0.3, -0.25) is 10.1 Å². The van der Waals surface area contributed by atoms with Crippen molar-refractivity contribution < 1.29 is 33.5 Å². The molecular weight excluding hydrogens is 336 g/mol. The second-order valence-electron chi connectivity index (χ2n) is 4.59. The predicted octanol–water partition coefficient (Wildman–Crippen LogP) is 1.56. The number of hydrogen-bond donors (Lipinski definition) is 1. The first kappa shape index (κ1) is 19.7. The SMILES string of the molecule is COC(=O)/C=C(/Nc1cc([N+](=O)[O-])c(OC)c(C)c1OC)C(=O)OC. The maximum atomic E-state index is 11.8. The lowest BCUT2D eigenvalue weighted by Crippen LogP contribution is -2.16. The van der Waals surface area contributed by atoms with Crippen LogP contribution in [-0.4, -0.2) is 45.3 Å². The highest BCUT2D eigenvalue weighted by molar-refractivity contribution is 5.99. The largest absolute Gasteiger partial charge is 0.494 e. The number of carbonyl (C=O) groups is 2. The molecule has 0 saturated carbocycles. The first-order valence-corrected chi connectivity index (χ1v) is 6.85. The minimum Gasteiger partial charge on any atom is -0.494 e. The molecule has 0 radical (unpaired) electrons. The van der Waals surface area contributed by atoms with Gasteiger partial charge in [-0.05, 0) is 6.92 Å². The maximum absolute atomic E-state index is 11.8. The zero-order valence-corrected chi connectivity index (χ0v) is 14.4. The van der Waals surface area contributed by atoms with E-state index in [9.17, 15) is 19.7 Å². The van der Waals surface area contributed by atoms with Gasteiger partial charge in [-0.25, -0.2) is 9.59 Å². The van der Waals surface area contributed by atoms with Crippen molar-refractivity contribution in [1.82, 2.24) is 0 Å². The van der Waals surface area contributed by atoms with Crippen molar-refractivity contribution >= 4 is 23.3 Å². The van der Waals surface area contributed by atoms with Crippen LogP contribution in [-0.2, 0) is 19.1 Å². The predicted molar refractivity (Wildman–Crippen MR) is 86.7 cm³/mol. The summed E-state index contributed by atoms with van der Waals surface area (Å²) in [5, 5.41) is 13.9. The average Bonchev–Trinajstić information content (AvgIpc) is 2.59. The zero-order valence-electron chi connectivity index (χ0n) is 14.4. The zero-order chi connectivity index (χ0) is 19.1. The number of methoxy groups -OCH3 is 4. The molecule has 0 fully saturated rings. The van der Waals surface area contributed by atoms with E-state index in [0.717, 1.165) is 26.4 Å². The van der Waals surface area contributed by atoms with Crippen LogP contribution in [0.3, 0.4) is 0 Å². The molecule has 0 aliphatic carbocycles. The maximum Gasteiger partial charge on any atom is 0.354 e. The summed E-state index contributed by atoms with van der Waals surface area (Å²) in [4.78, 5) is 33.9. The molecule has 1 aromatic rings. The van der Waals surface area contributed by atoms with Gasteiger partial charge in [0.15, 0.2) is 0 Å². The Balaban J connectivity index is 3.53. The first-order valence-electron chi connectivity index (χ1n) is 6.85. The van der Waals surface area contributed by atoms with E-state index >= 15 is 0 Å². The number of benzene rings is 1. The Morgan fingerprint density at radius 1 is 1.12 bits per heavy atom. The van der Waals surface area contributed by atoms with E-state index in [4.69, 9.17) is 9.47 Å². The molecule has 0 atom stereocenters. The van der Waals surface area contributed by atoms with Crippen LogP contribution in [0.1, 0.15) is 5.56 Å². The molecule has 25 heavy (non-hydrogen) atoms. The molecule has 0 spiro atoms. The summed E-state index contributed by atoms with van der Waals surface area (Å²) < 4.78 is 19.3. The monoisotopic (exact) mass is 354 g/mol. The molecule has 0 aromatic heterocycles. The van der Waals surface area contributed by atoms with Crippen molar-refractivity contribution in [3.05, 3.63) is 33.5 Å². The molecule has 0 aliphatic rings. The highest BCUT2D eigenvalue weighted by Gasteiger charge is 2.25. The Morgan fingerprint density at radius 2 is 1.72 bits per heavy atom. The van der Waals surface area contributed by atoms with E-state index in [0.29, 0.717) is 5.56 Å². The molecule has 0 saturated heterocycles. The third-order valence-electron chi connectivity index (χ3n) is 3.18. The summed E-state index contributed by atoms with van der Waals surface area (Å²) in [6.07, 6.45) is 0.858. The number of ether oxygens (including phenoxy) is 4. The standard InChI is InChI=1S/C15H18N2O8/c1-8-13(23-3)9(6-11(17(20)21)14(8)24-4)16-10(15(19)25-5)7-12(18)22-2/h6-7,16H,1-5H3/b10-7+. The van der Waals surface area contributed by atoms with Crippen molar-refractivity contribution in [3.63, 3.8) is 0 Å². The molecule has 10 nitrogen and oxygen atoms in total. The number of anilines is 1. The minimum atomic E-state index is -0.872. The van der Waals surface area contributed by atoms with E-state index in [1.807, 2.05) is 0 Å².